The summed E-state index contributed by atoms with van der Waals surface area (Å²) in [6.07, 6.45) is 10.4. The lowest BCUT2D eigenvalue weighted by atomic mass is 10.5. The summed E-state index contributed by atoms with van der Waals surface area (Å²) in [4.78, 5) is 9.02. The largest absolute Gasteiger partial charge is 0.323 e. The van der Waals surface area contributed by atoms with Crippen molar-refractivity contribution in [1.29, 1.82) is 0 Å². The van der Waals surface area contributed by atoms with Gasteiger partial charge < -0.3 is 8.97 Å². The summed E-state index contributed by atoms with van der Waals surface area (Å²) in [5.74, 6) is 0.822. The number of rotatable bonds is 4. The second-order valence-electron chi connectivity index (χ2n) is 4.98. The lowest BCUT2D eigenvalue weighted by Gasteiger charge is -2.03. The van der Waals surface area contributed by atoms with E-state index in [4.69, 9.17) is 11.6 Å². The van der Waals surface area contributed by atoms with E-state index in [1.807, 2.05) is 35.1 Å². The molecule has 4 nitrogen and oxygen atoms in total. The zero-order valence-electron chi connectivity index (χ0n) is 10.7. The molecule has 20 heavy (non-hydrogen) atoms. The second-order valence-corrected chi connectivity index (χ2v) is 6.36. The average Bonchev–Trinajstić information content (AvgIpc) is 3.03. The minimum atomic E-state index is 0.667. The first-order valence-electron chi connectivity index (χ1n) is 6.58. The molecule has 0 radical (unpaired) electrons. The van der Waals surface area contributed by atoms with Gasteiger partial charge in [-0.25, -0.2) is 9.97 Å². The molecule has 102 valence electrons. The third-order valence-corrected chi connectivity index (χ3v) is 4.63. The molecule has 3 aromatic heterocycles. The van der Waals surface area contributed by atoms with Crippen LogP contribution in [0.5, 0.6) is 0 Å². The topological polar surface area (TPSA) is 35.1 Å². The van der Waals surface area contributed by atoms with Gasteiger partial charge in [-0.3, -0.25) is 0 Å². The molecule has 6 heteroatoms. The Morgan fingerprint density at radius 1 is 1.30 bits per heavy atom. The van der Waals surface area contributed by atoms with Gasteiger partial charge in [0.2, 0.25) is 0 Å². The van der Waals surface area contributed by atoms with Crippen LogP contribution in [0.1, 0.15) is 24.6 Å². The Hall–Kier alpha value is -1.46. The highest BCUT2D eigenvalue weighted by atomic mass is 35.5. The van der Waals surface area contributed by atoms with E-state index >= 15 is 0 Å². The number of fused-ring (bicyclic) bond motifs is 1. The highest BCUT2D eigenvalue weighted by molar-refractivity contribution is 7.98. The van der Waals surface area contributed by atoms with Crippen LogP contribution in [-0.4, -0.2) is 18.9 Å². The molecule has 0 aliphatic heterocycles. The zero-order valence-corrected chi connectivity index (χ0v) is 12.3. The molecule has 0 atom stereocenters. The van der Waals surface area contributed by atoms with E-state index in [1.165, 1.54) is 12.8 Å². The third kappa shape index (κ3) is 2.31. The lowest BCUT2D eigenvalue weighted by molar-refractivity contribution is 0.663. The molecular weight excluding hydrogens is 292 g/mol. The van der Waals surface area contributed by atoms with Gasteiger partial charge in [-0.15, -0.1) is 0 Å². The summed E-state index contributed by atoms with van der Waals surface area (Å²) >= 11 is 7.72. The first-order chi connectivity index (χ1) is 9.79. The molecule has 1 aliphatic carbocycles. The van der Waals surface area contributed by atoms with Crippen LogP contribution in [-0.2, 0) is 5.75 Å². The van der Waals surface area contributed by atoms with Gasteiger partial charge in [0.25, 0.3) is 0 Å². The van der Waals surface area contributed by atoms with Crippen LogP contribution in [0.15, 0.2) is 42.1 Å². The second kappa shape index (κ2) is 4.82. The Morgan fingerprint density at radius 2 is 2.20 bits per heavy atom. The van der Waals surface area contributed by atoms with Gasteiger partial charge in [-0.05, 0) is 25.0 Å². The van der Waals surface area contributed by atoms with Gasteiger partial charge >= 0.3 is 0 Å². The summed E-state index contributed by atoms with van der Waals surface area (Å²) < 4.78 is 4.24. The van der Waals surface area contributed by atoms with Gasteiger partial charge in [0.05, 0.1) is 10.7 Å². The number of halogens is 1. The number of nitrogens with zero attached hydrogens (tertiary/aromatic N) is 4. The molecule has 0 spiro atoms. The van der Waals surface area contributed by atoms with E-state index in [1.54, 1.807) is 11.8 Å². The molecule has 3 aromatic rings. The molecule has 0 amide bonds. The Labute approximate surface area is 125 Å². The quantitative estimate of drug-likeness (QED) is 0.688. The summed E-state index contributed by atoms with van der Waals surface area (Å²) in [5, 5.41) is 1.81. The smallest absolute Gasteiger partial charge is 0.168 e. The Balaban J connectivity index is 1.53. The predicted octanol–water partition coefficient (Wildman–Crippen LogP) is 3.81. The number of hydrogen-bond acceptors (Lipinski definition) is 3. The number of thioether (sulfide) groups is 1. The highest BCUT2D eigenvalue weighted by Crippen LogP contribution is 2.38. The van der Waals surface area contributed by atoms with Crippen LogP contribution >= 0.6 is 23.4 Å². The average molecular weight is 305 g/mol. The van der Waals surface area contributed by atoms with E-state index in [2.05, 4.69) is 20.7 Å². The van der Waals surface area contributed by atoms with Crippen LogP contribution in [0.3, 0.4) is 0 Å². The van der Waals surface area contributed by atoms with Crippen LogP contribution in [0.25, 0.3) is 5.65 Å². The van der Waals surface area contributed by atoms with E-state index in [0.29, 0.717) is 6.04 Å². The minimum absolute atomic E-state index is 0.667. The van der Waals surface area contributed by atoms with Crippen molar-refractivity contribution in [3.05, 3.63) is 47.6 Å². The molecule has 1 saturated carbocycles. The first-order valence-corrected chi connectivity index (χ1v) is 7.95. The Morgan fingerprint density at radius 3 is 3.05 bits per heavy atom. The van der Waals surface area contributed by atoms with Crippen molar-refractivity contribution < 1.29 is 0 Å². The normalized spacial score (nSPS) is 15.1. The molecule has 1 aliphatic rings. The zero-order chi connectivity index (χ0) is 13.5. The van der Waals surface area contributed by atoms with Crippen molar-refractivity contribution >= 4 is 29.0 Å². The number of aromatic nitrogens is 4. The molecular formula is C14H13ClN4S. The van der Waals surface area contributed by atoms with Crippen molar-refractivity contribution in [1.82, 2.24) is 18.9 Å². The van der Waals surface area contributed by atoms with Gasteiger partial charge in [0.15, 0.2) is 5.16 Å². The maximum absolute atomic E-state index is 5.98. The van der Waals surface area contributed by atoms with Crippen molar-refractivity contribution in [2.75, 3.05) is 0 Å². The van der Waals surface area contributed by atoms with Gasteiger partial charge in [0, 0.05) is 36.6 Å². The van der Waals surface area contributed by atoms with Crippen LogP contribution in [0.2, 0.25) is 5.02 Å². The van der Waals surface area contributed by atoms with E-state index < -0.39 is 0 Å². The van der Waals surface area contributed by atoms with Gasteiger partial charge in [-0.1, -0.05) is 23.4 Å². The van der Waals surface area contributed by atoms with E-state index in [0.717, 1.165) is 27.3 Å². The molecule has 4 rings (SSSR count). The highest BCUT2D eigenvalue weighted by Gasteiger charge is 2.25. The summed E-state index contributed by atoms with van der Waals surface area (Å²) in [7, 11) is 0. The first kappa shape index (κ1) is 12.3. The van der Waals surface area contributed by atoms with Crippen molar-refractivity contribution in [2.24, 2.45) is 0 Å². The molecule has 0 N–H and O–H groups in total. The molecule has 0 unspecified atom stereocenters. The maximum Gasteiger partial charge on any atom is 0.168 e. The minimum Gasteiger partial charge on any atom is -0.323 e. The fraction of sp³-hybridized carbons (Fsp3) is 0.286. The fourth-order valence-electron chi connectivity index (χ4n) is 2.27. The molecule has 0 saturated heterocycles. The maximum atomic E-state index is 5.98. The standard InChI is InChI=1S/C14H13ClN4S/c15-10-1-4-13-17-11(8-18(13)7-10)9-20-14-16-5-6-19(14)12-2-3-12/h1,4-8,12H,2-3,9H2. The summed E-state index contributed by atoms with van der Waals surface area (Å²) in [6, 6.07) is 4.46. The SMILES string of the molecule is Clc1ccc2nc(CSc3nccn3C3CC3)cn2c1. The van der Waals surface area contributed by atoms with Crippen molar-refractivity contribution in [3.8, 4) is 0 Å². The fourth-order valence-corrected chi connectivity index (χ4v) is 3.35. The van der Waals surface area contributed by atoms with Crippen LogP contribution < -0.4 is 0 Å². The molecule has 1 fully saturated rings. The lowest BCUT2D eigenvalue weighted by Crippen LogP contribution is -1.94. The van der Waals surface area contributed by atoms with Crippen molar-refractivity contribution in [2.45, 2.75) is 29.8 Å². The van der Waals surface area contributed by atoms with Gasteiger partial charge in [0.1, 0.15) is 5.65 Å². The predicted molar refractivity (Wildman–Crippen MR) is 80.3 cm³/mol. The van der Waals surface area contributed by atoms with E-state index in [-0.39, 0.29) is 0 Å². The van der Waals surface area contributed by atoms with Crippen LogP contribution in [0.4, 0.5) is 0 Å². The summed E-state index contributed by atoms with van der Waals surface area (Å²) in [5.41, 5.74) is 1.97. The molecule has 3 heterocycles. The third-order valence-electron chi connectivity index (χ3n) is 3.39. The Kier molecular flexibility index (Phi) is 2.97. The monoisotopic (exact) mass is 304 g/mol. The molecule has 0 bridgehead atoms. The number of pyridine rings is 1. The van der Waals surface area contributed by atoms with Gasteiger partial charge in [-0.2, -0.15) is 0 Å². The van der Waals surface area contributed by atoms with Crippen LogP contribution in [0, 0.1) is 0 Å². The molecule has 0 aromatic carbocycles. The Bertz CT molecular complexity index is 759. The summed E-state index contributed by atoms with van der Waals surface area (Å²) in [6.45, 7) is 0. The van der Waals surface area contributed by atoms with E-state index in [9.17, 15) is 0 Å². The van der Waals surface area contributed by atoms with Crippen molar-refractivity contribution in [3.63, 3.8) is 0 Å². The number of imidazole rings is 2. The number of hydrogen-bond donors (Lipinski definition) is 0.